The molecule has 2 aliphatic carbocycles. The molecule has 1 amide bonds. The van der Waals surface area contributed by atoms with Gasteiger partial charge in [-0.2, -0.15) is 0 Å². The number of ether oxygens (including phenoxy) is 4. The molecule has 40 heavy (non-hydrogen) atoms. The minimum atomic E-state index is -1.28. The molecule has 4 aliphatic rings. The predicted molar refractivity (Wildman–Crippen MR) is 141 cm³/mol. The average molecular weight is 559 g/mol. The lowest BCUT2D eigenvalue weighted by molar-refractivity contribution is -0.175. The Morgan fingerprint density at radius 3 is 2.62 bits per heavy atom. The summed E-state index contributed by atoms with van der Waals surface area (Å²) in [6.07, 6.45) is 0.298. The van der Waals surface area contributed by atoms with Crippen molar-refractivity contribution in [3.8, 4) is 5.75 Å². The number of piperidine rings is 1. The molecule has 1 saturated heterocycles. The number of hydrogen-bond donors (Lipinski definition) is 3. The molecule has 218 valence electrons. The van der Waals surface area contributed by atoms with Crippen LogP contribution in [0.1, 0.15) is 64.2 Å². The Bertz CT molecular complexity index is 1270. The fraction of sp³-hybridized carbons (Fsp3) is 0.621. The third-order valence-corrected chi connectivity index (χ3v) is 8.56. The largest absolute Gasteiger partial charge is 0.481 e. The summed E-state index contributed by atoms with van der Waals surface area (Å²) in [6.45, 7) is 8.40. The van der Waals surface area contributed by atoms with Gasteiger partial charge in [-0.05, 0) is 72.7 Å². The van der Waals surface area contributed by atoms with Crippen molar-refractivity contribution in [2.45, 2.75) is 101 Å². The number of aliphatic hydroxyl groups excluding tert-OH is 1. The number of hydrogen-bond acceptors (Lipinski definition) is 10. The number of carbonyl (C=O) groups excluding carboxylic acids is 3. The van der Waals surface area contributed by atoms with Crippen LogP contribution in [0.2, 0.25) is 0 Å². The minimum Gasteiger partial charge on any atom is -0.481 e. The summed E-state index contributed by atoms with van der Waals surface area (Å²) < 4.78 is 22.7. The molecule has 2 bridgehead atoms. The zero-order valence-corrected chi connectivity index (χ0v) is 23.8. The average Bonchev–Trinajstić information content (AvgIpc) is 3.22. The Kier molecular flexibility index (Phi) is 6.91. The fourth-order valence-corrected chi connectivity index (χ4v) is 6.70. The van der Waals surface area contributed by atoms with Gasteiger partial charge in [-0.1, -0.05) is 12.1 Å². The first-order valence-corrected chi connectivity index (χ1v) is 13.7. The van der Waals surface area contributed by atoms with Gasteiger partial charge in [0.2, 0.25) is 0 Å². The summed E-state index contributed by atoms with van der Waals surface area (Å²) >= 11 is 0. The number of rotatable bonds is 6. The van der Waals surface area contributed by atoms with Gasteiger partial charge in [0.25, 0.3) is 0 Å². The summed E-state index contributed by atoms with van der Waals surface area (Å²) in [5.74, 6) is -0.855. The monoisotopic (exact) mass is 558 g/mol. The number of nitrogens with one attached hydrogen (secondary N) is 1. The predicted octanol–water partition coefficient (Wildman–Crippen LogP) is 1.84. The molecule has 1 fully saturated rings. The molecule has 5 rings (SSSR count). The fourth-order valence-electron chi connectivity index (χ4n) is 6.70. The summed E-state index contributed by atoms with van der Waals surface area (Å²) in [4.78, 5) is 39.8. The molecule has 0 radical (unpaired) electrons. The number of aliphatic hydroxyl groups is 2. The van der Waals surface area contributed by atoms with E-state index in [1.807, 2.05) is 19.2 Å². The first-order valence-electron chi connectivity index (χ1n) is 13.7. The van der Waals surface area contributed by atoms with E-state index >= 15 is 0 Å². The third kappa shape index (κ3) is 4.35. The van der Waals surface area contributed by atoms with Gasteiger partial charge < -0.3 is 39.4 Å². The summed E-state index contributed by atoms with van der Waals surface area (Å²) in [6, 6.07) is 2.61. The molecule has 2 heterocycles. The van der Waals surface area contributed by atoms with Crippen LogP contribution >= 0.6 is 0 Å². The molecule has 1 spiro atoms. The van der Waals surface area contributed by atoms with E-state index in [2.05, 4.69) is 10.2 Å². The van der Waals surface area contributed by atoms with Gasteiger partial charge in [-0.3, -0.25) is 0 Å². The molecule has 1 aromatic carbocycles. The molecular formula is C29H38N2O9. The van der Waals surface area contributed by atoms with Crippen LogP contribution in [0, 0.1) is 0 Å². The van der Waals surface area contributed by atoms with Crippen molar-refractivity contribution < 1.29 is 43.5 Å². The first-order chi connectivity index (χ1) is 18.7. The summed E-state index contributed by atoms with van der Waals surface area (Å²) in [5.41, 5.74) is -0.197. The van der Waals surface area contributed by atoms with E-state index in [-0.39, 0.29) is 24.8 Å². The molecule has 0 unspecified atom stereocenters. The van der Waals surface area contributed by atoms with E-state index in [0.717, 1.165) is 11.1 Å². The Labute approximate surface area is 233 Å². The number of carbonyl (C=O) groups is 3. The Morgan fingerprint density at radius 2 is 1.95 bits per heavy atom. The molecule has 0 saturated carbocycles. The zero-order chi connectivity index (χ0) is 29.2. The van der Waals surface area contributed by atoms with Crippen LogP contribution in [-0.4, -0.2) is 82.2 Å². The minimum absolute atomic E-state index is 0.155. The van der Waals surface area contributed by atoms with Crippen LogP contribution in [0.25, 0.3) is 0 Å². The van der Waals surface area contributed by atoms with Crippen molar-refractivity contribution in [2.24, 2.45) is 0 Å². The quantitative estimate of drug-likeness (QED) is 0.350. The summed E-state index contributed by atoms with van der Waals surface area (Å²) in [5, 5.41) is 24.7. The lowest BCUT2D eigenvalue weighted by Gasteiger charge is -2.61. The third-order valence-electron chi connectivity index (χ3n) is 8.56. The maximum atomic E-state index is 13.1. The van der Waals surface area contributed by atoms with E-state index < -0.39 is 52.9 Å². The number of likely N-dealkylation sites (tertiary alicyclic amines) is 1. The zero-order valence-electron chi connectivity index (χ0n) is 23.8. The van der Waals surface area contributed by atoms with Gasteiger partial charge in [0.15, 0.2) is 12.2 Å². The number of benzene rings is 1. The van der Waals surface area contributed by atoms with Crippen LogP contribution in [0.15, 0.2) is 24.0 Å². The highest BCUT2D eigenvalue weighted by molar-refractivity contribution is 5.84. The van der Waals surface area contributed by atoms with Crippen LogP contribution in [0.3, 0.4) is 0 Å². The van der Waals surface area contributed by atoms with Crippen LogP contribution in [0.5, 0.6) is 5.75 Å². The highest BCUT2D eigenvalue weighted by Crippen LogP contribution is 2.64. The van der Waals surface area contributed by atoms with Crippen LogP contribution in [-0.2, 0) is 42.2 Å². The second-order valence-electron chi connectivity index (χ2n) is 12.3. The first kappa shape index (κ1) is 28.4. The second kappa shape index (κ2) is 9.74. The number of alkyl carbamates (subject to hydrolysis) is 1. The standard InChI is InChI=1S/C29H38N2O9/c1-15(30-26(35)40-27(3,4)5)24(33)37-16(2)25(34)38-19-9-10-29(36)20-13-17-7-8-18(14-32)22-21(17)28(29,23(19)39-22)11-12-31(20)6/h7-9,15-16,20,23,32,36H,10-14H2,1-6H3,(H,30,35)/t15-,16-,20+,23-,28-,29+/m0/s1. The van der Waals surface area contributed by atoms with Gasteiger partial charge >= 0.3 is 18.0 Å². The molecule has 3 N–H and O–H groups in total. The van der Waals surface area contributed by atoms with Gasteiger partial charge in [0, 0.05) is 23.6 Å². The lowest BCUT2D eigenvalue weighted by Crippen LogP contribution is -2.74. The number of likely N-dealkylation sites (N-methyl/N-ethyl adjacent to an activating group) is 1. The van der Waals surface area contributed by atoms with Crippen molar-refractivity contribution in [1.82, 2.24) is 10.2 Å². The Hall–Kier alpha value is -3.15. The van der Waals surface area contributed by atoms with E-state index in [4.69, 9.17) is 18.9 Å². The highest BCUT2D eigenvalue weighted by atomic mass is 16.6. The van der Waals surface area contributed by atoms with Gasteiger partial charge in [0.1, 0.15) is 23.2 Å². The van der Waals surface area contributed by atoms with Gasteiger partial charge in [0.05, 0.1) is 17.6 Å². The van der Waals surface area contributed by atoms with Crippen LogP contribution in [0.4, 0.5) is 4.79 Å². The maximum absolute atomic E-state index is 13.1. The smallest absolute Gasteiger partial charge is 0.408 e. The molecule has 6 atom stereocenters. The topological polar surface area (TPSA) is 144 Å². The summed E-state index contributed by atoms with van der Waals surface area (Å²) in [7, 11) is 2.00. The van der Waals surface area contributed by atoms with Crippen molar-refractivity contribution in [1.29, 1.82) is 0 Å². The lowest BCUT2D eigenvalue weighted by atomic mass is 9.50. The van der Waals surface area contributed by atoms with Crippen molar-refractivity contribution in [3.63, 3.8) is 0 Å². The Morgan fingerprint density at radius 1 is 1.23 bits per heavy atom. The van der Waals surface area contributed by atoms with E-state index in [9.17, 15) is 24.6 Å². The number of esters is 2. The van der Waals surface area contributed by atoms with E-state index in [1.165, 1.54) is 13.8 Å². The molecule has 11 heteroatoms. The SMILES string of the molecule is C[C@H](NC(=O)OC(C)(C)C)C(=O)O[C@@H](C)C(=O)OC1=CC[C@@]2(O)[C@H]3Cc4ccc(CO)c5c4[C@@]2(CCN3C)[C@H]1O5. The maximum Gasteiger partial charge on any atom is 0.408 e. The van der Waals surface area contributed by atoms with E-state index in [0.29, 0.717) is 30.7 Å². The van der Waals surface area contributed by atoms with Crippen molar-refractivity contribution in [3.05, 3.63) is 40.7 Å². The molecule has 2 aliphatic heterocycles. The number of amides is 1. The normalized spacial score (nSPS) is 29.8. The van der Waals surface area contributed by atoms with Gasteiger partial charge in [-0.25, -0.2) is 14.4 Å². The second-order valence-corrected chi connectivity index (χ2v) is 12.3. The molecule has 1 aromatic rings. The number of nitrogens with zero attached hydrogens (tertiary/aromatic N) is 1. The molecule has 0 aromatic heterocycles. The molecular weight excluding hydrogens is 520 g/mol. The van der Waals surface area contributed by atoms with Crippen molar-refractivity contribution in [2.75, 3.05) is 13.6 Å². The highest BCUT2D eigenvalue weighted by Gasteiger charge is 2.71. The molecule has 11 nitrogen and oxygen atoms in total. The van der Waals surface area contributed by atoms with Crippen molar-refractivity contribution >= 4 is 18.0 Å². The van der Waals surface area contributed by atoms with E-state index in [1.54, 1.807) is 26.8 Å². The van der Waals surface area contributed by atoms with Gasteiger partial charge in [-0.15, -0.1) is 0 Å². The Balaban J connectivity index is 1.35. The van der Waals surface area contributed by atoms with Crippen LogP contribution < -0.4 is 10.1 Å².